The summed E-state index contributed by atoms with van der Waals surface area (Å²) in [6.45, 7) is 0. The maximum Gasteiger partial charge on any atom is 0.230 e. The second-order valence-electron chi connectivity index (χ2n) is 7.34. The van der Waals surface area contributed by atoms with Crippen molar-refractivity contribution in [3.8, 4) is 0 Å². The zero-order valence-corrected chi connectivity index (χ0v) is 15.6. The van der Waals surface area contributed by atoms with E-state index in [9.17, 15) is 4.79 Å². The van der Waals surface area contributed by atoms with E-state index in [-0.39, 0.29) is 5.91 Å². The fourth-order valence-corrected chi connectivity index (χ4v) is 4.71. The van der Waals surface area contributed by atoms with Gasteiger partial charge in [0.25, 0.3) is 0 Å². The number of carbonyl (C=O) groups is 1. The van der Waals surface area contributed by atoms with Crippen LogP contribution in [0, 0.1) is 5.92 Å². The molecule has 3 rings (SSSR count). The van der Waals surface area contributed by atoms with Gasteiger partial charge in [0.05, 0.1) is 5.75 Å². The maximum atomic E-state index is 12.0. The van der Waals surface area contributed by atoms with Crippen molar-refractivity contribution in [2.24, 2.45) is 13.0 Å². The van der Waals surface area contributed by atoms with Gasteiger partial charge in [-0.15, -0.1) is 10.2 Å². The third-order valence-electron chi connectivity index (χ3n) is 5.48. The molecule has 0 bridgehead atoms. The smallest absolute Gasteiger partial charge is 0.230 e. The van der Waals surface area contributed by atoms with Crippen LogP contribution in [0.3, 0.4) is 0 Å². The van der Waals surface area contributed by atoms with Gasteiger partial charge < -0.3 is 9.88 Å². The van der Waals surface area contributed by atoms with Crippen LogP contribution >= 0.6 is 11.8 Å². The number of nitrogens with zero attached hydrogens (tertiary/aromatic N) is 3. The van der Waals surface area contributed by atoms with Crippen LogP contribution in [0.15, 0.2) is 5.16 Å². The van der Waals surface area contributed by atoms with Crippen LogP contribution in [0.25, 0.3) is 0 Å². The molecule has 0 radical (unpaired) electrons. The van der Waals surface area contributed by atoms with Gasteiger partial charge in [-0.3, -0.25) is 4.79 Å². The van der Waals surface area contributed by atoms with E-state index >= 15 is 0 Å². The molecule has 0 saturated heterocycles. The number of thioether (sulfide) groups is 1. The second kappa shape index (κ2) is 8.88. The highest BCUT2D eigenvalue weighted by Gasteiger charge is 2.19. The second-order valence-corrected chi connectivity index (χ2v) is 8.28. The number of hydrogen-bond acceptors (Lipinski definition) is 4. The number of nitrogens with one attached hydrogen (secondary N) is 1. The molecule has 0 aliphatic heterocycles. The van der Waals surface area contributed by atoms with Crippen molar-refractivity contribution in [2.45, 2.75) is 81.8 Å². The Labute approximate surface area is 149 Å². The predicted molar refractivity (Wildman–Crippen MR) is 97.0 cm³/mol. The first-order valence-corrected chi connectivity index (χ1v) is 10.5. The third-order valence-corrected chi connectivity index (χ3v) is 6.50. The van der Waals surface area contributed by atoms with Gasteiger partial charge in [0, 0.05) is 19.5 Å². The summed E-state index contributed by atoms with van der Waals surface area (Å²) in [5.41, 5.74) is 0. The van der Waals surface area contributed by atoms with E-state index in [1.165, 1.54) is 63.1 Å². The Morgan fingerprint density at radius 3 is 2.58 bits per heavy atom. The molecule has 1 N–H and O–H groups in total. The van der Waals surface area contributed by atoms with Crippen molar-refractivity contribution in [3.05, 3.63) is 5.82 Å². The van der Waals surface area contributed by atoms with E-state index in [1.807, 2.05) is 7.05 Å². The van der Waals surface area contributed by atoms with E-state index in [4.69, 9.17) is 0 Å². The molecule has 1 heterocycles. The Balaban J connectivity index is 1.42. The molecule has 1 aromatic heterocycles. The maximum absolute atomic E-state index is 12.0. The van der Waals surface area contributed by atoms with Crippen LogP contribution < -0.4 is 5.32 Å². The van der Waals surface area contributed by atoms with Crippen molar-refractivity contribution in [2.75, 3.05) is 5.75 Å². The average Bonchev–Trinajstić information content (AvgIpc) is 3.22. The average molecular weight is 351 g/mol. The molecule has 0 aromatic carbocycles. The summed E-state index contributed by atoms with van der Waals surface area (Å²) < 4.78 is 2.07. The summed E-state index contributed by atoms with van der Waals surface area (Å²) in [6, 6.07) is 0.392. The fraction of sp³-hybridized carbons (Fsp3) is 0.833. The molecule has 24 heavy (non-hydrogen) atoms. The van der Waals surface area contributed by atoms with Gasteiger partial charge in [-0.1, -0.05) is 56.7 Å². The molecule has 0 unspecified atom stereocenters. The van der Waals surface area contributed by atoms with Crippen molar-refractivity contribution in [1.29, 1.82) is 0 Å². The molecule has 0 atom stereocenters. The van der Waals surface area contributed by atoms with Gasteiger partial charge >= 0.3 is 0 Å². The van der Waals surface area contributed by atoms with E-state index in [0.29, 0.717) is 11.8 Å². The van der Waals surface area contributed by atoms with Crippen LogP contribution in [0.2, 0.25) is 0 Å². The van der Waals surface area contributed by atoms with Crippen LogP contribution in [0.5, 0.6) is 0 Å². The zero-order chi connectivity index (χ0) is 16.8. The van der Waals surface area contributed by atoms with E-state index < -0.39 is 0 Å². The highest BCUT2D eigenvalue weighted by molar-refractivity contribution is 7.99. The molecular formula is C18H30N4OS. The molecule has 1 amide bonds. The lowest BCUT2D eigenvalue weighted by Gasteiger charge is -2.20. The lowest BCUT2D eigenvalue weighted by molar-refractivity contribution is -0.119. The monoisotopic (exact) mass is 350 g/mol. The normalized spacial score (nSPS) is 19.7. The molecule has 5 nitrogen and oxygen atoms in total. The number of carbonyl (C=O) groups excluding carboxylic acids is 1. The van der Waals surface area contributed by atoms with Gasteiger partial charge in [0.15, 0.2) is 5.16 Å². The van der Waals surface area contributed by atoms with Gasteiger partial charge in [-0.2, -0.15) is 0 Å². The van der Waals surface area contributed by atoms with Crippen molar-refractivity contribution in [1.82, 2.24) is 20.1 Å². The molecule has 2 aliphatic carbocycles. The van der Waals surface area contributed by atoms with Gasteiger partial charge in [0.2, 0.25) is 5.91 Å². The Hall–Kier alpha value is -1.04. The molecule has 2 fully saturated rings. The molecular weight excluding hydrogens is 320 g/mol. The number of hydrogen-bond donors (Lipinski definition) is 1. The van der Waals surface area contributed by atoms with Crippen LogP contribution in [0.1, 0.15) is 70.0 Å². The standard InChI is InChI=1S/C18H30N4OS/c1-22-16(12-11-14-7-3-2-4-8-14)20-21-18(22)24-13-17(23)19-15-9-5-6-10-15/h14-15H,2-13H2,1H3,(H,19,23). The highest BCUT2D eigenvalue weighted by atomic mass is 32.2. The fourth-order valence-electron chi connectivity index (χ4n) is 3.97. The molecule has 2 aliphatic rings. The summed E-state index contributed by atoms with van der Waals surface area (Å²) in [5.74, 6) is 2.48. The number of amides is 1. The Bertz CT molecular complexity index is 533. The largest absolute Gasteiger partial charge is 0.353 e. The minimum Gasteiger partial charge on any atom is -0.353 e. The van der Waals surface area contributed by atoms with Gasteiger partial charge in [0.1, 0.15) is 5.82 Å². The van der Waals surface area contributed by atoms with Crippen LogP contribution in [-0.2, 0) is 18.3 Å². The first kappa shape index (κ1) is 17.8. The summed E-state index contributed by atoms with van der Waals surface area (Å²) in [6.07, 6.45) is 13.9. The lowest BCUT2D eigenvalue weighted by atomic mass is 9.86. The van der Waals surface area contributed by atoms with Crippen molar-refractivity contribution in [3.63, 3.8) is 0 Å². The molecule has 6 heteroatoms. The van der Waals surface area contributed by atoms with Crippen LogP contribution in [0.4, 0.5) is 0 Å². The highest BCUT2D eigenvalue weighted by Crippen LogP contribution is 2.27. The Morgan fingerprint density at radius 2 is 1.83 bits per heavy atom. The van der Waals surface area contributed by atoms with E-state index in [0.717, 1.165) is 36.2 Å². The Morgan fingerprint density at radius 1 is 1.12 bits per heavy atom. The minimum atomic E-state index is 0.124. The van der Waals surface area contributed by atoms with Crippen molar-refractivity contribution < 1.29 is 4.79 Å². The number of aryl methyl sites for hydroxylation is 1. The van der Waals surface area contributed by atoms with Crippen LogP contribution in [-0.4, -0.2) is 32.5 Å². The minimum absolute atomic E-state index is 0.124. The Kier molecular flexibility index (Phi) is 6.58. The summed E-state index contributed by atoms with van der Waals surface area (Å²) in [4.78, 5) is 12.0. The summed E-state index contributed by atoms with van der Waals surface area (Å²) in [5, 5.41) is 12.6. The van der Waals surface area contributed by atoms with Gasteiger partial charge in [-0.05, 0) is 25.2 Å². The first-order chi connectivity index (χ1) is 11.7. The predicted octanol–water partition coefficient (Wildman–Crippen LogP) is 3.48. The third kappa shape index (κ3) is 4.98. The molecule has 2 saturated carbocycles. The van der Waals surface area contributed by atoms with E-state index in [1.54, 1.807) is 0 Å². The van der Waals surface area contributed by atoms with E-state index in [2.05, 4.69) is 20.1 Å². The SMILES string of the molecule is Cn1c(CCC2CCCCC2)nnc1SCC(=O)NC1CCCC1. The topological polar surface area (TPSA) is 59.8 Å². The molecule has 0 spiro atoms. The summed E-state index contributed by atoms with van der Waals surface area (Å²) in [7, 11) is 2.02. The van der Waals surface area contributed by atoms with Gasteiger partial charge in [-0.25, -0.2) is 0 Å². The quantitative estimate of drug-likeness (QED) is 0.765. The first-order valence-electron chi connectivity index (χ1n) is 9.53. The van der Waals surface area contributed by atoms with Crippen molar-refractivity contribution >= 4 is 17.7 Å². The summed E-state index contributed by atoms with van der Waals surface area (Å²) >= 11 is 1.50. The molecule has 1 aromatic rings. The molecule has 134 valence electrons. The number of rotatable bonds is 7. The zero-order valence-electron chi connectivity index (χ0n) is 14.8. The number of aromatic nitrogens is 3. The lowest BCUT2D eigenvalue weighted by Crippen LogP contribution is -2.33.